The number of anilines is 1. The highest BCUT2D eigenvalue weighted by Crippen LogP contribution is 2.20. The second-order valence-corrected chi connectivity index (χ2v) is 5.69. The molecule has 1 fully saturated rings. The van der Waals surface area contributed by atoms with Crippen molar-refractivity contribution in [1.82, 2.24) is 5.32 Å². The van der Waals surface area contributed by atoms with Gasteiger partial charge >= 0.3 is 0 Å². The van der Waals surface area contributed by atoms with Crippen LogP contribution in [0.25, 0.3) is 0 Å². The molecule has 19 heavy (non-hydrogen) atoms. The third kappa shape index (κ3) is 4.59. The molecular weight excluding hydrogens is 260 g/mol. The van der Waals surface area contributed by atoms with Crippen molar-refractivity contribution in [3.8, 4) is 0 Å². The van der Waals surface area contributed by atoms with Gasteiger partial charge in [0, 0.05) is 12.2 Å². The number of carbonyl (C=O) groups is 2. The molecule has 0 bridgehead atoms. The van der Waals surface area contributed by atoms with Gasteiger partial charge in [-0.15, -0.1) is 11.8 Å². The van der Waals surface area contributed by atoms with Crippen LogP contribution in [-0.4, -0.2) is 29.4 Å². The summed E-state index contributed by atoms with van der Waals surface area (Å²) in [5, 5.41) is 5.60. The topological polar surface area (TPSA) is 58.2 Å². The lowest BCUT2D eigenvalue weighted by atomic mass is 10.2. The van der Waals surface area contributed by atoms with Gasteiger partial charge in [-0.2, -0.15) is 0 Å². The van der Waals surface area contributed by atoms with Crippen LogP contribution < -0.4 is 10.6 Å². The van der Waals surface area contributed by atoms with E-state index in [0.29, 0.717) is 5.75 Å². The lowest BCUT2D eigenvalue weighted by Gasteiger charge is -2.12. The van der Waals surface area contributed by atoms with E-state index in [2.05, 4.69) is 10.6 Å². The number of hydrogen-bond donors (Lipinski definition) is 2. The van der Waals surface area contributed by atoms with Gasteiger partial charge in [-0.05, 0) is 25.0 Å². The Kier molecular flexibility index (Phi) is 5.27. The van der Waals surface area contributed by atoms with Crippen LogP contribution in [-0.2, 0) is 9.59 Å². The minimum atomic E-state index is -0.0935. The molecule has 1 aromatic carbocycles. The molecule has 0 saturated carbocycles. The van der Waals surface area contributed by atoms with Gasteiger partial charge in [-0.25, -0.2) is 0 Å². The molecule has 5 heteroatoms. The molecule has 1 heterocycles. The number of carbonyl (C=O) groups excluding carboxylic acids is 2. The molecule has 0 aliphatic carbocycles. The zero-order valence-electron chi connectivity index (χ0n) is 10.7. The Bertz CT molecular complexity index is 436. The highest BCUT2D eigenvalue weighted by molar-refractivity contribution is 8.01. The van der Waals surface area contributed by atoms with Gasteiger partial charge in [0.1, 0.15) is 0 Å². The Morgan fingerprint density at radius 3 is 2.89 bits per heavy atom. The maximum absolute atomic E-state index is 11.8. The molecule has 0 radical (unpaired) electrons. The summed E-state index contributed by atoms with van der Waals surface area (Å²) in [7, 11) is 0. The molecule has 2 amide bonds. The van der Waals surface area contributed by atoms with E-state index in [1.807, 2.05) is 30.3 Å². The largest absolute Gasteiger partial charge is 0.355 e. The first-order valence-electron chi connectivity index (χ1n) is 6.50. The van der Waals surface area contributed by atoms with E-state index in [0.717, 1.165) is 31.5 Å². The van der Waals surface area contributed by atoms with Gasteiger partial charge in [0.05, 0.1) is 11.0 Å². The SMILES string of the molecule is O=C(CSC1CCCCNC1=O)Nc1ccccc1. The first kappa shape index (κ1) is 13.9. The van der Waals surface area contributed by atoms with E-state index < -0.39 is 0 Å². The van der Waals surface area contributed by atoms with Crippen molar-refractivity contribution in [3.63, 3.8) is 0 Å². The summed E-state index contributed by atoms with van der Waals surface area (Å²) in [5.74, 6) is 0.315. The molecule has 4 nitrogen and oxygen atoms in total. The van der Waals surface area contributed by atoms with E-state index in [1.165, 1.54) is 11.8 Å². The lowest BCUT2D eigenvalue weighted by molar-refractivity contribution is -0.120. The first-order valence-corrected chi connectivity index (χ1v) is 7.55. The summed E-state index contributed by atoms with van der Waals surface area (Å²) in [6, 6.07) is 9.35. The monoisotopic (exact) mass is 278 g/mol. The van der Waals surface area contributed by atoms with Gasteiger partial charge in [-0.3, -0.25) is 9.59 Å². The fourth-order valence-electron chi connectivity index (χ4n) is 1.97. The number of para-hydroxylation sites is 1. The average molecular weight is 278 g/mol. The minimum Gasteiger partial charge on any atom is -0.355 e. The Hall–Kier alpha value is -1.49. The molecule has 1 atom stereocenters. The van der Waals surface area contributed by atoms with E-state index in [1.54, 1.807) is 0 Å². The molecule has 1 unspecified atom stereocenters. The van der Waals surface area contributed by atoms with Crippen molar-refractivity contribution in [1.29, 1.82) is 0 Å². The highest BCUT2D eigenvalue weighted by Gasteiger charge is 2.21. The second kappa shape index (κ2) is 7.19. The molecule has 1 aliphatic heterocycles. The highest BCUT2D eigenvalue weighted by atomic mass is 32.2. The fourth-order valence-corrected chi connectivity index (χ4v) is 2.96. The third-order valence-corrected chi connectivity index (χ3v) is 4.24. The summed E-state index contributed by atoms with van der Waals surface area (Å²) >= 11 is 1.42. The van der Waals surface area contributed by atoms with Crippen molar-refractivity contribution >= 4 is 29.3 Å². The predicted octanol–water partition coefficient (Wildman–Crippen LogP) is 2.03. The molecule has 0 spiro atoms. The van der Waals surface area contributed by atoms with E-state index >= 15 is 0 Å². The van der Waals surface area contributed by atoms with Gasteiger partial charge in [0.15, 0.2) is 0 Å². The summed E-state index contributed by atoms with van der Waals surface area (Å²) < 4.78 is 0. The van der Waals surface area contributed by atoms with Crippen LogP contribution in [0.3, 0.4) is 0 Å². The number of nitrogens with one attached hydrogen (secondary N) is 2. The van der Waals surface area contributed by atoms with Crippen molar-refractivity contribution in [2.45, 2.75) is 24.5 Å². The number of benzene rings is 1. The Balaban J connectivity index is 1.78. The molecule has 2 rings (SSSR count). The van der Waals surface area contributed by atoms with Crippen molar-refractivity contribution in [2.75, 3.05) is 17.6 Å². The van der Waals surface area contributed by atoms with Gasteiger partial charge in [-0.1, -0.05) is 24.6 Å². The molecule has 1 aromatic rings. The number of hydrogen-bond acceptors (Lipinski definition) is 3. The summed E-state index contributed by atoms with van der Waals surface area (Å²) in [6.45, 7) is 0.756. The quantitative estimate of drug-likeness (QED) is 0.886. The van der Waals surface area contributed by atoms with E-state index in [4.69, 9.17) is 0 Å². The van der Waals surface area contributed by atoms with Crippen LogP contribution in [0.4, 0.5) is 5.69 Å². The van der Waals surface area contributed by atoms with Crippen LogP contribution in [0.15, 0.2) is 30.3 Å². The molecule has 1 saturated heterocycles. The van der Waals surface area contributed by atoms with Crippen LogP contribution in [0, 0.1) is 0 Å². The van der Waals surface area contributed by atoms with Gasteiger partial charge in [0.2, 0.25) is 11.8 Å². The van der Waals surface area contributed by atoms with Crippen LogP contribution >= 0.6 is 11.8 Å². The number of rotatable bonds is 4. The Morgan fingerprint density at radius 2 is 2.11 bits per heavy atom. The number of thioether (sulfide) groups is 1. The molecule has 2 N–H and O–H groups in total. The van der Waals surface area contributed by atoms with E-state index in [9.17, 15) is 9.59 Å². The van der Waals surface area contributed by atoms with Crippen LogP contribution in [0.1, 0.15) is 19.3 Å². The zero-order valence-corrected chi connectivity index (χ0v) is 11.5. The van der Waals surface area contributed by atoms with Crippen LogP contribution in [0.2, 0.25) is 0 Å². The Labute approximate surface area is 117 Å². The minimum absolute atomic E-state index is 0.0618. The van der Waals surface area contributed by atoms with Crippen molar-refractivity contribution < 1.29 is 9.59 Å². The maximum atomic E-state index is 11.8. The van der Waals surface area contributed by atoms with Crippen LogP contribution in [0.5, 0.6) is 0 Å². The van der Waals surface area contributed by atoms with Crippen molar-refractivity contribution in [2.24, 2.45) is 0 Å². The average Bonchev–Trinajstić information content (AvgIpc) is 2.62. The maximum Gasteiger partial charge on any atom is 0.234 e. The summed E-state index contributed by atoms with van der Waals surface area (Å²) in [4.78, 5) is 23.5. The smallest absolute Gasteiger partial charge is 0.234 e. The standard InChI is InChI=1S/C14H18N2O2S/c17-13(16-11-6-2-1-3-7-11)10-19-12-8-4-5-9-15-14(12)18/h1-3,6-7,12H,4-5,8-10H2,(H,15,18)(H,16,17). The second-order valence-electron chi connectivity index (χ2n) is 4.50. The fraction of sp³-hybridized carbons (Fsp3) is 0.429. The predicted molar refractivity (Wildman–Crippen MR) is 78.2 cm³/mol. The van der Waals surface area contributed by atoms with Crippen molar-refractivity contribution in [3.05, 3.63) is 30.3 Å². The third-order valence-electron chi connectivity index (χ3n) is 2.96. The molecule has 0 aromatic heterocycles. The van der Waals surface area contributed by atoms with E-state index in [-0.39, 0.29) is 17.1 Å². The summed E-state index contributed by atoms with van der Waals surface area (Å²) in [6.07, 6.45) is 2.92. The normalized spacial score (nSPS) is 19.4. The lowest BCUT2D eigenvalue weighted by Crippen LogP contribution is -2.31. The first-order chi connectivity index (χ1) is 9.25. The van der Waals surface area contributed by atoms with Gasteiger partial charge < -0.3 is 10.6 Å². The molecular formula is C14H18N2O2S. The number of amides is 2. The molecule has 102 valence electrons. The summed E-state index contributed by atoms with van der Waals surface area (Å²) in [5.41, 5.74) is 0.790. The zero-order chi connectivity index (χ0) is 13.5. The molecule has 1 aliphatic rings. The van der Waals surface area contributed by atoms with Gasteiger partial charge in [0.25, 0.3) is 0 Å². The Morgan fingerprint density at radius 1 is 1.32 bits per heavy atom.